The van der Waals surface area contributed by atoms with Crippen LogP contribution in [0.15, 0.2) is 28.7 Å². The van der Waals surface area contributed by atoms with E-state index in [4.69, 9.17) is 4.74 Å². The molecule has 2 aliphatic rings. The van der Waals surface area contributed by atoms with Crippen LogP contribution < -0.4 is 4.90 Å². The highest BCUT2D eigenvalue weighted by Gasteiger charge is 2.37. The summed E-state index contributed by atoms with van der Waals surface area (Å²) in [5.74, 6) is 0. The minimum atomic E-state index is 0.594. The van der Waals surface area contributed by atoms with E-state index in [0.717, 1.165) is 19.3 Å². The number of ether oxygens (including phenoxy) is 1. The lowest BCUT2D eigenvalue weighted by atomic mass is 10.1. The minimum Gasteiger partial charge on any atom is -0.377 e. The van der Waals surface area contributed by atoms with E-state index in [1.165, 1.54) is 23.0 Å². The van der Waals surface area contributed by atoms with E-state index in [1.54, 1.807) is 0 Å². The highest BCUT2D eigenvalue weighted by atomic mass is 79.9. The smallest absolute Gasteiger partial charge is 0.0760 e. The van der Waals surface area contributed by atoms with E-state index in [1.807, 2.05) is 0 Å². The Morgan fingerprint density at radius 3 is 2.40 bits per heavy atom. The third-order valence-electron chi connectivity index (χ3n) is 3.08. The molecule has 15 heavy (non-hydrogen) atoms. The van der Waals surface area contributed by atoms with Crippen LogP contribution in [0.4, 0.5) is 5.69 Å². The molecular weight excluding hydrogens is 254 g/mol. The topological polar surface area (TPSA) is 12.5 Å². The van der Waals surface area contributed by atoms with Gasteiger partial charge in [-0.1, -0.05) is 12.1 Å². The summed E-state index contributed by atoms with van der Waals surface area (Å²) in [6, 6.07) is 9.82. The summed E-state index contributed by atoms with van der Waals surface area (Å²) >= 11 is 3.63. The lowest BCUT2D eigenvalue weighted by molar-refractivity contribution is 0.00736. The summed E-state index contributed by atoms with van der Waals surface area (Å²) in [7, 11) is 0. The molecule has 0 radical (unpaired) electrons. The first-order valence-corrected chi connectivity index (χ1v) is 6.26. The molecule has 3 heteroatoms. The minimum absolute atomic E-state index is 0.594. The van der Waals surface area contributed by atoms with Crippen molar-refractivity contribution in [1.82, 2.24) is 0 Å². The summed E-state index contributed by atoms with van der Waals surface area (Å²) in [5, 5.41) is 0. The molecular formula is C12H14BrNO. The molecule has 0 N–H and O–H groups in total. The highest BCUT2D eigenvalue weighted by Crippen LogP contribution is 2.38. The monoisotopic (exact) mass is 267 g/mol. The van der Waals surface area contributed by atoms with Crippen LogP contribution in [0, 0.1) is 0 Å². The predicted octanol–water partition coefficient (Wildman–Crippen LogP) is 2.82. The van der Waals surface area contributed by atoms with Crippen LogP contribution in [0.5, 0.6) is 0 Å². The third-order valence-corrected chi connectivity index (χ3v) is 3.76. The van der Waals surface area contributed by atoms with E-state index in [-0.39, 0.29) is 0 Å². The molecule has 1 aliphatic heterocycles. The Labute approximate surface area is 98.4 Å². The molecule has 0 amide bonds. The van der Waals surface area contributed by atoms with Crippen molar-refractivity contribution in [1.29, 1.82) is 0 Å². The van der Waals surface area contributed by atoms with Gasteiger partial charge in [-0.3, -0.25) is 0 Å². The maximum absolute atomic E-state index is 5.30. The van der Waals surface area contributed by atoms with Gasteiger partial charge in [0.1, 0.15) is 0 Å². The molecule has 1 aromatic rings. The van der Waals surface area contributed by atoms with Crippen molar-refractivity contribution >= 4 is 21.6 Å². The SMILES string of the molecule is Brc1ccccc1N(C1CC1)C1COC1. The fraction of sp³-hybridized carbons (Fsp3) is 0.500. The van der Waals surface area contributed by atoms with Crippen molar-refractivity contribution in [3.8, 4) is 0 Å². The fourth-order valence-corrected chi connectivity index (χ4v) is 2.58. The van der Waals surface area contributed by atoms with Gasteiger partial charge in [0.25, 0.3) is 0 Å². The van der Waals surface area contributed by atoms with Crippen molar-refractivity contribution in [2.75, 3.05) is 18.1 Å². The molecule has 80 valence electrons. The van der Waals surface area contributed by atoms with Gasteiger partial charge in [0, 0.05) is 10.5 Å². The number of hydrogen-bond donors (Lipinski definition) is 0. The second kappa shape index (κ2) is 3.80. The number of anilines is 1. The van der Waals surface area contributed by atoms with Crippen LogP contribution in [0.25, 0.3) is 0 Å². The summed E-state index contributed by atoms with van der Waals surface area (Å²) < 4.78 is 6.50. The molecule has 0 spiro atoms. The molecule has 0 atom stereocenters. The van der Waals surface area contributed by atoms with E-state index in [9.17, 15) is 0 Å². The van der Waals surface area contributed by atoms with Gasteiger partial charge in [-0.05, 0) is 40.9 Å². The average molecular weight is 268 g/mol. The standard InChI is InChI=1S/C12H14BrNO/c13-11-3-1-2-4-12(11)14(9-5-6-9)10-7-15-8-10/h1-4,9-10H,5-8H2. The van der Waals surface area contributed by atoms with E-state index < -0.39 is 0 Å². The molecule has 0 unspecified atom stereocenters. The summed E-state index contributed by atoms with van der Waals surface area (Å²) in [4.78, 5) is 2.54. The zero-order chi connectivity index (χ0) is 10.3. The first-order chi connectivity index (χ1) is 7.36. The number of rotatable bonds is 3. The molecule has 2 nitrogen and oxygen atoms in total. The van der Waals surface area contributed by atoms with Gasteiger partial charge in [0.05, 0.1) is 24.9 Å². The summed E-state index contributed by atoms with van der Waals surface area (Å²) in [6.07, 6.45) is 2.66. The number of para-hydroxylation sites is 1. The molecule has 1 saturated heterocycles. The van der Waals surface area contributed by atoms with Gasteiger partial charge in [-0.15, -0.1) is 0 Å². The van der Waals surface area contributed by atoms with Gasteiger partial charge >= 0.3 is 0 Å². The first kappa shape index (κ1) is 9.67. The zero-order valence-electron chi connectivity index (χ0n) is 8.53. The molecule has 3 rings (SSSR count). The maximum atomic E-state index is 5.30. The van der Waals surface area contributed by atoms with E-state index >= 15 is 0 Å². The van der Waals surface area contributed by atoms with Gasteiger partial charge in [-0.25, -0.2) is 0 Å². The Morgan fingerprint density at radius 1 is 1.13 bits per heavy atom. The largest absolute Gasteiger partial charge is 0.377 e. The molecule has 2 fully saturated rings. The Hall–Kier alpha value is -0.540. The third kappa shape index (κ3) is 1.79. The predicted molar refractivity (Wildman–Crippen MR) is 64.3 cm³/mol. The molecule has 1 saturated carbocycles. The molecule has 0 aromatic heterocycles. The van der Waals surface area contributed by atoms with Crippen LogP contribution in [0.1, 0.15) is 12.8 Å². The lowest BCUT2D eigenvalue weighted by Crippen LogP contribution is -2.50. The number of hydrogen-bond acceptors (Lipinski definition) is 2. The Balaban J connectivity index is 1.90. The highest BCUT2D eigenvalue weighted by molar-refractivity contribution is 9.10. The fourth-order valence-electron chi connectivity index (χ4n) is 2.09. The average Bonchev–Trinajstić information content (AvgIpc) is 2.96. The summed E-state index contributed by atoms with van der Waals surface area (Å²) in [6.45, 7) is 1.77. The molecule has 0 bridgehead atoms. The van der Waals surface area contributed by atoms with Gasteiger partial charge in [0.15, 0.2) is 0 Å². The Morgan fingerprint density at radius 2 is 1.87 bits per heavy atom. The van der Waals surface area contributed by atoms with Crippen molar-refractivity contribution in [3.05, 3.63) is 28.7 Å². The van der Waals surface area contributed by atoms with E-state index in [0.29, 0.717) is 6.04 Å². The van der Waals surface area contributed by atoms with Crippen molar-refractivity contribution in [2.45, 2.75) is 24.9 Å². The Kier molecular flexibility index (Phi) is 2.45. The first-order valence-electron chi connectivity index (χ1n) is 5.47. The quantitative estimate of drug-likeness (QED) is 0.835. The van der Waals surface area contributed by atoms with Crippen molar-refractivity contribution in [3.63, 3.8) is 0 Å². The summed E-state index contributed by atoms with van der Waals surface area (Å²) in [5.41, 5.74) is 1.33. The second-order valence-corrected chi connectivity index (χ2v) is 5.14. The number of nitrogens with zero attached hydrogens (tertiary/aromatic N) is 1. The van der Waals surface area contributed by atoms with Crippen LogP contribution in [0.2, 0.25) is 0 Å². The van der Waals surface area contributed by atoms with Crippen LogP contribution in [-0.4, -0.2) is 25.3 Å². The van der Waals surface area contributed by atoms with Crippen LogP contribution >= 0.6 is 15.9 Å². The molecule has 1 aliphatic carbocycles. The van der Waals surface area contributed by atoms with Gasteiger partial charge in [0.2, 0.25) is 0 Å². The van der Waals surface area contributed by atoms with Gasteiger partial charge in [-0.2, -0.15) is 0 Å². The molecule has 1 aromatic carbocycles. The van der Waals surface area contributed by atoms with Crippen molar-refractivity contribution in [2.24, 2.45) is 0 Å². The van der Waals surface area contributed by atoms with E-state index in [2.05, 4.69) is 45.1 Å². The van der Waals surface area contributed by atoms with Crippen LogP contribution in [0.3, 0.4) is 0 Å². The Bertz CT molecular complexity index is 360. The second-order valence-electron chi connectivity index (χ2n) is 4.28. The lowest BCUT2D eigenvalue weighted by Gasteiger charge is -2.39. The number of halogens is 1. The maximum Gasteiger partial charge on any atom is 0.0760 e. The number of benzene rings is 1. The molecule has 1 heterocycles. The van der Waals surface area contributed by atoms with Gasteiger partial charge < -0.3 is 9.64 Å². The normalized spacial score (nSPS) is 21.1. The zero-order valence-corrected chi connectivity index (χ0v) is 10.1. The van der Waals surface area contributed by atoms with Crippen molar-refractivity contribution < 1.29 is 4.74 Å². The van der Waals surface area contributed by atoms with Crippen LogP contribution in [-0.2, 0) is 4.74 Å².